The molecule has 0 bridgehead atoms. The Bertz CT molecular complexity index is 1380. The van der Waals surface area contributed by atoms with E-state index in [2.05, 4.69) is 5.10 Å². The van der Waals surface area contributed by atoms with Crippen molar-refractivity contribution < 1.29 is 35.8 Å². The molecule has 0 fully saturated rings. The van der Waals surface area contributed by atoms with Crippen LogP contribution in [-0.2, 0) is 16.0 Å². The van der Waals surface area contributed by atoms with Gasteiger partial charge in [-0.1, -0.05) is 26.0 Å². The maximum Gasteiger partial charge on any atom is 0.419 e. The van der Waals surface area contributed by atoms with E-state index in [0.717, 1.165) is 18.5 Å². The van der Waals surface area contributed by atoms with Crippen molar-refractivity contribution in [1.82, 2.24) is 9.78 Å². The molecule has 35 heavy (non-hydrogen) atoms. The van der Waals surface area contributed by atoms with Crippen molar-refractivity contribution in [3.63, 3.8) is 0 Å². The fourth-order valence-electron chi connectivity index (χ4n) is 3.07. The summed E-state index contributed by atoms with van der Waals surface area (Å²) in [7, 11) is -3.48. The van der Waals surface area contributed by atoms with Gasteiger partial charge in [-0.25, -0.2) is 12.8 Å². The number of aromatic nitrogens is 2. The number of halogens is 4. The SMILES string of the molecule is CC(C)C(O)COc1c(-c2ccc(S(C)(=O)=O)cc2)cnn(-c2ccc(F)c(C(F)(F)F)c2)c1=O. The van der Waals surface area contributed by atoms with Gasteiger partial charge in [0.2, 0.25) is 0 Å². The molecule has 188 valence electrons. The summed E-state index contributed by atoms with van der Waals surface area (Å²) in [6.45, 7) is 3.14. The molecule has 0 spiro atoms. The predicted octanol–water partition coefficient (Wildman–Crippen LogP) is 3.86. The van der Waals surface area contributed by atoms with E-state index in [-0.39, 0.29) is 34.4 Å². The van der Waals surface area contributed by atoms with Crippen molar-refractivity contribution in [2.75, 3.05) is 12.9 Å². The Kier molecular flexibility index (Phi) is 7.37. The van der Waals surface area contributed by atoms with Gasteiger partial charge in [0.25, 0.3) is 0 Å². The van der Waals surface area contributed by atoms with Crippen molar-refractivity contribution >= 4 is 9.84 Å². The lowest BCUT2D eigenvalue weighted by Crippen LogP contribution is -2.28. The maximum absolute atomic E-state index is 13.7. The minimum Gasteiger partial charge on any atom is -0.485 e. The van der Waals surface area contributed by atoms with Gasteiger partial charge in [0.1, 0.15) is 12.4 Å². The van der Waals surface area contributed by atoms with Crippen molar-refractivity contribution in [3.8, 4) is 22.6 Å². The zero-order chi connectivity index (χ0) is 26.1. The average Bonchev–Trinajstić information content (AvgIpc) is 2.77. The lowest BCUT2D eigenvalue weighted by atomic mass is 10.1. The van der Waals surface area contributed by atoms with E-state index in [1.165, 1.54) is 24.3 Å². The highest BCUT2D eigenvalue weighted by molar-refractivity contribution is 7.90. The third kappa shape index (κ3) is 5.88. The van der Waals surface area contributed by atoms with Gasteiger partial charge in [-0.2, -0.15) is 23.0 Å². The standard InChI is InChI=1S/C23H22F4N2O5S/c1-13(2)20(30)12-34-21-17(14-4-7-16(8-5-14)35(3,32)33)11-28-29(22(21)31)15-6-9-19(24)18(10-15)23(25,26)27/h4-11,13,20,30H,12H2,1-3H3. The first kappa shape index (κ1) is 26.4. The van der Waals surface area contributed by atoms with Crippen LogP contribution < -0.4 is 10.3 Å². The molecule has 1 N–H and O–H groups in total. The van der Waals surface area contributed by atoms with Gasteiger partial charge in [0.15, 0.2) is 15.6 Å². The number of hydrogen-bond acceptors (Lipinski definition) is 6. The number of aliphatic hydroxyl groups excluding tert-OH is 1. The second-order valence-corrected chi connectivity index (χ2v) is 10.2. The van der Waals surface area contributed by atoms with Gasteiger partial charge in [0, 0.05) is 11.8 Å². The lowest BCUT2D eigenvalue weighted by molar-refractivity contribution is -0.140. The molecule has 7 nitrogen and oxygen atoms in total. The van der Waals surface area contributed by atoms with E-state index >= 15 is 0 Å². The zero-order valence-corrected chi connectivity index (χ0v) is 19.7. The Hall–Kier alpha value is -3.25. The Morgan fingerprint density at radius 1 is 1.11 bits per heavy atom. The number of aliphatic hydroxyl groups is 1. The monoisotopic (exact) mass is 514 g/mol. The van der Waals surface area contributed by atoms with Crippen LogP contribution in [0, 0.1) is 11.7 Å². The van der Waals surface area contributed by atoms with E-state index in [9.17, 15) is 35.9 Å². The van der Waals surface area contributed by atoms with Crippen LogP contribution in [0.5, 0.6) is 5.75 Å². The first-order valence-electron chi connectivity index (χ1n) is 10.3. The fourth-order valence-corrected chi connectivity index (χ4v) is 3.70. The van der Waals surface area contributed by atoms with Crippen LogP contribution in [0.15, 0.2) is 58.4 Å². The number of alkyl halides is 3. The second kappa shape index (κ2) is 9.78. The van der Waals surface area contributed by atoms with Crippen molar-refractivity contribution in [2.45, 2.75) is 31.0 Å². The molecule has 1 heterocycles. The molecule has 1 unspecified atom stereocenters. The number of nitrogens with zero attached hydrogens (tertiary/aromatic N) is 2. The van der Waals surface area contributed by atoms with E-state index in [4.69, 9.17) is 4.74 Å². The summed E-state index contributed by atoms with van der Waals surface area (Å²) in [5.41, 5.74) is -2.40. The van der Waals surface area contributed by atoms with Crippen LogP contribution in [-0.4, -0.2) is 42.3 Å². The third-order valence-corrected chi connectivity index (χ3v) is 6.32. The zero-order valence-electron chi connectivity index (χ0n) is 18.9. The van der Waals surface area contributed by atoms with Crippen LogP contribution in [0.3, 0.4) is 0 Å². The second-order valence-electron chi connectivity index (χ2n) is 8.19. The molecule has 1 aromatic heterocycles. The van der Waals surface area contributed by atoms with Gasteiger partial charge < -0.3 is 9.84 Å². The van der Waals surface area contributed by atoms with Gasteiger partial charge in [0.05, 0.1) is 28.4 Å². The van der Waals surface area contributed by atoms with Crippen LogP contribution in [0.1, 0.15) is 19.4 Å². The topological polar surface area (TPSA) is 98.5 Å². The molecular weight excluding hydrogens is 492 g/mol. The summed E-state index contributed by atoms with van der Waals surface area (Å²) in [5.74, 6) is -2.05. The summed E-state index contributed by atoms with van der Waals surface area (Å²) in [4.78, 5) is 13.3. The van der Waals surface area contributed by atoms with Crippen molar-refractivity contribution in [1.29, 1.82) is 0 Å². The Morgan fingerprint density at radius 3 is 2.29 bits per heavy atom. The molecule has 0 aliphatic carbocycles. The number of rotatable bonds is 7. The Morgan fingerprint density at radius 2 is 1.74 bits per heavy atom. The summed E-state index contributed by atoms with van der Waals surface area (Å²) in [6.07, 6.45) is -3.76. The van der Waals surface area contributed by atoms with E-state index in [1.54, 1.807) is 13.8 Å². The predicted molar refractivity (Wildman–Crippen MR) is 120 cm³/mol. The highest BCUT2D eigenvalue weighted by Gasteiger charge is 2.34. The number of benzene rings is 2. The molecule has 0 radical (unpaired) electrons. The Labute approximate surface area is 198 Å². The first-order valence-corrected chi connectivity index (χ1v) is 12.2. The lowest BCUT2D eigenvalue weighted by Gasteiger charge is -2.18. The van der Waals surface area contributed by atoms with E-state index < -0.39 is 39.1 Å². The molecule has 0 saturated carbocycles. The van der Waals surface area contributed by atoms with Gasteiger partial charge in [-0.15, -0.1) is 0 Å². The molecule has 0 saturated heterocycles. The largest absolute Gasteiger partial charge is 0.485 e. The maximum atomic E-state index is 13.7. The van der Waals surface area contributed by atoms with Gasteiger partial charge in [-0.3, -0.25) is 4.79 Å². The van der Waals surface area contributed by atoms with Crippen LogP contribution in [0.4, 0.5) is 17.6 Å². The summed E-state index contributed by atoms with van der Waals surface area (Å²) < 4.78 is 82.9. The van der Waals surface area contributed by atoms with Crippen LogP contribution in [0.25, 0.3) is 16.8 Å². The van der Waals surface area contributed by atoms with Gasteiger partial charge in [-0.05, 0) is 41.8 Å². The van der Waals surface area contributed by atoms with E-state index in [1.807, 2.05) is 0 Å². The quantitative estimate of drug-likeness (QED) is 0.481. The Balaban J connectivity index is 2.16. The number of sulfone groups is 1. The molecule has 1 atom stereocenters. The minimum absolute atomic E-state index is 0.0336. The normalized spacial score (nSPS) is 13.2. The molecule has 0 amide bonds. The molecule has 3 aromatic rings. The van der Waals surface area contributed by atoms with Crippen molar-refractivity contribution in [3.05, 3.63) is 70.4 Å². The molecule has 2 aromatic carbocycles. The highest BCUT2D eigenvalue weighted by atomic mass is 32.2. The molecule has 12 heteroatoms. The summed E-state index contributed by atoms with van der Waals surface area (Å²) >= 11 is 0. The number of ether oxygens (including phenoxy) is 1. The minimum atomic E-state index is -4.99. The molecule has 3 rings (SSSR count). The smallest absolute Gasteiger partial charge is 0.419 e. The van der Waals surface area contributed by atoms with Crippen molar-refractivity contribution in [2.24, 2.45) is 5.92 Å². The highest BCUT2D eigenvalue weighted by Crippen LogP contribution is 2.33. The average molecular weight is 514 g/mol. The summed E-state index contributed by atoms with van der Waals surface area (Å²) in [5, 5.41) is 14.1. The van der Waals surface area contributed by atoms with Crippen LogP contribution >= 0.6 is 0 Å². The van der Waals surface area contributed by atoms with Crippen LogP contribution in [0.2, 0.25) is 0 Å². The molecule has 0 aliphatic rings. The summed E-state index contributed by atoms with van der Waals surface area (Å²) in [6, 6.07) is 7.47. The third-order valence-electron chi connectivity index (χ3n) is 5.19. The molecule has 0 aliphatic heterocycles. The first-order chi connectivity index (χ1) is 16.2. The van der Waals surface area contributed by atoms with E-state index in [0.29, 0.717) is 22.4 Å². The number of hydrogen-bond donors (Lipinski definition) is 1. The van der Waals surface area contributed by atoms with Gasteiger partial charge >= 0.3 is 11.7 Å². The molecular formula is C23H22F4N2O5S. The fraction of sp³-hybridized carbons (Fsp3) is 0.304.